The number of halogens is 3. The minimum atomic E-state index is -4.58. The Labute approximate surface area is 126 Å². The van der Waals surface area contributed by atoms with Gasteiger partial charge in [-0.2, -0.15) is 13.2 Å². The van der Waals surface area contributed by atoms with Crippen molar-refractivity contribution in [1.29, 1.82) is 0 Å². The molecule has 1 unspecified atom stereocenters. The van der Waals surface area contributed by atoms with Gasteiger partial charge in [0.1, 0.15) is 5.69 Å². The largest absolute Gasteiger partial charge is 0.416 e. The summed E-state index contributed by atoms with van der Waals surface area (Å²) in [5.74, 6) is 0. The lowest BCUT2D eigenvalue weighted by Crippen LogP contribution is -2.34. The summed E-state index contributed by atoms with van der Waals surface area (Å²) in [5, 5.41) is 11.1. The fourth-order valence-corrected chi connectivity index (χ4v) is 2.69. The van der Waals surface area contributed by atoms with E-state index >= 15 is 0 Å². The van der Waals surface area contributed by atoms with Crippen molar-refractivity contribution in [2.24, 2.45) is 0 Å². The van der Waals surface area contributed by atoms with Crippen LogP contribution in [0.5, 0.6) is 0 Å². The van der Waals surface area contributed by atoms with Gasteiger partial charge in [-0.05, 0) is 32.1 Å². The maximum atomic E-state index is 12.7. The molecule has 8 heteroatoms. The van der Waals surface area contributed by atoms with Crippen LogP contribution >= 0.6 is 0 Å². The molecular formula is C14H18F3N3O2. The Morgan fingerprint density at radius 1 is 1.45 bits per heavy atom. The van der Waals surface area contributed by atoms with Crippen molar-refractivity contribution < 1.29 is 18.1 Å². The fraction of sp³-hybridized carbons (Fsp3) is 0.571. The Morgan fingerprint density at radius 2 is 2.14 bits per heavy atom. The van der Waals surface area contributed by atoms with Crippen LogP contribution in [0.3, 0.4) is 0 Å². The fourth-order valence-electron chi connectivity index (χ4n) is 2.69. The van der Waals surface area contributed by atoms with Crippen LogP contribution < -0.4 is 4.90 Å². The Kier molecular flexibility index (Phi) is 4.60. The molecule has 0 aliphatic carbocycles. The van der Waals surface area contributed by atoms with Gasteiger partial charge in [0.25, 0.3) is 5.69 Å². The number of hydrogen-bond acceptors (Lipinski definition) is 4. The molecule has 1 heterocycles. The summed E-state index contributed by atoms with van der Waals surface area (Å²) >= 11 is 0. The highest BCUT2D eigenvalue weighted by Crippen LogP contribution is 2.37. The molecule has 2 rings (SSSR count). The van der Waals surface area contributed by atoms with Gasteiger partial charge in [-0.25, -0.2) is 0 Å². The lowest BCUT2D eigenvalue weighted by molar-refractivity contribution is -0.384. The summed E-state index contributed by atoms with van der Waals surface area (Å²) in [6.07, 6.45) is -3.75. The van der Waals surface area contributed by atoms with Crippen molar-refractivity contribution in [2.75, 3.05) is 31.6 Å². The highest BCUT2D eigenvalue weighted by molar-refractivity contribution is 5.65. The van der Waals surface area contributed by atoms with Gasteiger partial charge in [-0.1, -0.05) is 6.92 Å². The lowest BCUT2D eigenvalue weighted by atomic mass is 10.1. The molecule has 0 aromatic heterocycles. The van der Waals surface area contributed by atoms with Crippen molar-refractivity contribution >= 4 is 11.4 Å². The average molecular weight is 317 g/mol. The Hall–Kier alpha value is -1.83. The van der Waals surface area contributed by atoms with E-state index in [-0.39, 0.29) is 11.7 Å². The molecule has 1 atom stereocenters. The van der Waals surface area contributed by atoms with Crippen molar-refractivity contribution in [3.05, 3.63) is 33.9 Å². The van der Waals surface area contributed by atoms with Gasteiger partial charge in [0.15, 0.2) is 0 Å². The summed E-state index contributed by atoms with van der Waals surface area (Å²) in [6, 6.07) is 2.98. The van der Waals surface area contributed by atoms with E-state index < -0.39 is 22.4 Å². The standard InChI is InChI=1S/C14H18F3N3O2/c1-3-18(2)11-6-7-19(9-11)12-5-4-10(14(15,16)17)8-13(12)20(21)22/h4-5,8,11H,3,6-7,9H2,1-2H3. The predicted molar refractivity (Wildman–Crippen MR) is 77.0 cm³/mol. The zero-order valence-corrected chi connectivity index (χ0v) is 12.4. The van der Waals surface area contributed by atoms with Crippen LogP contribution in [0.4, 0.5) is 24.5 Å². The smallest absolute Gasteiger partial charge is 0.364 e. The maximum Gasteiger partial charge on any atom is 0.416 e. The maximum absolute atomic E-state index is 12.7. The molecule has 0 spiro atoms. The number of likely N-dealkylation sites (N-methyl/N-ethyl adjacent to an activating group) is 1. The first-order valence-corrected chi connectivity index (χ1v) is 7.05. The van der Waals surface area contributed by atoms with Crippen LogP contribution in [-0.2, 0) is 6.18 Å². The predicted octanol–water partition coefficient (Wildman–Crippen LogP) is 3.14. The molecule has 1 fully saturated rings. The second-order valence-electron chi connectivity index (χ2n) is 5.42. The quantitative estimate of drug-likeness (QED) is 0.632. The summed E-state index contributed by atoms with van der Waals surface area (Å²) in [6.45, 7) is 4.05. The molecule has 122 valence electrons. The third-order valence-corrected chi connectivity index (χ3v) is 4.13. The van der Waals surface area contributed by atoms with Crippen molar-refractivity contribution in [1.82, 2.24) is 4.90 Å². The van der Waals surface area contributed by atoms with Crippen molar-refractivity contribution in [3.8, 4) is 0 Å². The number of nitrogens with zero attached hydrogens (tertiary/aromatic N) is 3. The molecule has 22 heavy (non-hydrogen) atoms. The van der Waals surface area contributed by atoms with Crippen LogP contribution in [0.2, 0.25) is 0 Å². The normalized spacial score (nSPS) is 19.0. The molecule has 5 nitrogen and oxygen atoms in total. The molecule has 1 saturated heterocycles. The van der Waals surface area contributed by atoms with Crippen LogP contribution in [0.15, 0.2) is 18.2 Å². The summed E-state index contributed by atoms with van der Waals surface area (Å²) in [4.78, 5) is 14.3. The second-order valence-corrected chi connectivity index (χ2v) is 5.42. The highest BCUT2D eigenvalue weighted by Gasteiger charge is 2.35. The van der Waals surface area contributed by atoms with Gasteiger partial charge < -0.3 is 9.80 Å². The first-order valence-electron chi connectivity index (χ1n) is 7.05. The van der Waals surface area contributed by atoms with Gasteiger partial charge in [0, 0.05) is 25.2 Å². The van der Waals surface area contributed by atoms with E-state index in [1.807, 2.05) is 14.0 Å². The number of anilines is 1. The van der Waals surface area contributed by atoms with E-state index in [2.05, 4.69) is 4.90 Å². The zero-order chi connectivity index (χ0) is 16.5. The van der Waals surface area contributed by atoms with Crippen LogP contribution in [0.25, 0.3) is 0 Å². The molecule has 0 bridgehead atoms. The second kappa shape index (κ2) is 6.12. The first kappa shape index (κ1) is 16.5. The van der Waals surface area contributed by atoms with Gasteiger partial charge >= 0.3 is 6.18 Å². The SMILES string of the molecule is CCN(C)C1CCN(c2ccc(C(F)(F)F)cc2[N+](=O)[O-])C1. The molecule has 1 aliphatic rings. The van der Waals surface area contributed by atoms with Crippen LogP contribution in [0.1, 0.15) is 18.9 Å². The first-order chi connectivity index (χ1) is 10.2. The molecule has 0 N–H and O–H groups in total. The van der Waals surface area contributed by atoms with Gasteiger partial charge in [0.05, 0.1) is 10.5 Å². The third-order valence-electron chi connectivity index (χ3n) is 4.13. The van der Waals surface area contributed by atoms with Gasteiger partial charge in [-0.15, -0.1) is 0 Å². The van der Waals surface area contributed by atoms with E-state index in [1.54, 1.807) is 4.90 Å². The summed E-state index contributed by atoms with van der Waals surface area (Å²) in [5.41, 5.74) is -1.23. The van der Waals surface area contributed by atoms with E-state index in [0.29, 0.717) is 19.2 Å². The van der Waals surface area contributed by atoms with Crippen molar-refractivity contribution in [2.45, 2.75) is 25.6 Å². The molecular weight excluding hydrogens is 299 g/mol. The molecule has 0 amide bonds. The monoisotopic (exact) mass is 317 g/mol. The number of rotatable bonds is 4. The van der Waals surface area contributed by atoms with Gasteiger partial charge in [-0.3, -0.25) is 10.1 Å². The molecule has 1 aromatic rings. The van der Waals surface area contributed by atoms with E-state index in [0.717, 1.165) is 19.0 Å². The lowest BCUT2D eigenvalue weighted by Gasteiger charge is -2.24. The zero-order valence-electron chi connectivity index (χ0n) is 12.4. The minimum Gasteiger partial charge on any atom is -0.364 e. The number of nitro groups is 1. The number of hydrogen-bond donors (Lipinski definition) is 0. The van der Waals surface area contributed by atoms with Crippen LogP contribution in [-0.4, -0.2) is 42.5 Å². The molecule has 1 aliphatic heterocycles. The van der Waals surface area contributed by atoms with E-state index in [4.69, 9.17) is 0 Å². The molecule has 0 saturated carbocycles. The van der Waals surface area contributed by atoms with E-state index in [1.165, 1.54) is 6.07 Å². The molecule has 0 radical (unpaired) electrons. The highest BCUT2D eigenvalue weighted by atomic mass is 19.4. The number of alkyl halides is 3. The minimum absolute atomic E-state index is 0.255. The number of nitro benzene ring substituents is 1. The topological polar surface area (TPSA) is 49.6 Å². The van der Waals surface area contributed by atoms with Crippen LogP contribution in [0, 0.1) is 10.1 Å². The Morgan fingerprint density at radius 3 is 2.68 bits per heavy atom. The van der Waals surface area contributed by atoms with Crippen molar-refractivity contribution in [3.63, 3.8) is 0 Å². The van der Waals surface area contributed by atoms with Gasteiger partial charge in [0.2, 0.25) is 0 Å². The summed E-state index contributed by atoms with van der Waals surface area (Å²) < 4.78 is 38.1. The molecule has 1 aromatic carbocycles. The number of benzene rings is 1. The Bertz CT molecular complexity index is 563. The summed E-state index contributed by atoms with van der Waals surface area (Å²) in [7, 11) is 1.97. The van der Waals surface area contributed by atoms with E-state index in [9.17, 15) is 23.3 Å². The third kappa shape index (κ3) is 3.32. The average Bonchev–Trinajstić information content (AvgIpc) is 2.94. The Balaban J connectivity index is 2.30.